The lowest BCUT2D eigenvalue weighted by Gasteiger charge is -2.28. The number of fused-ring (bicyclic) bond motifs is 5. The molecular formula is C18H17NO6. The van der Waals surface area contributed by atoms with Gasteiger partial charge in [0.05, 0.1) is 30.7 Å². The van der Waals surface area contributed by atoms with E-state index in [9.17, 15) is 14.4 Å². The Morgan fingerprint density at radius 1 is 1.28 bits per heavy atom. The maximum absolute atomic E-state index is 13.1. The van der Waals surface area contributed by atoms with Crippen LogP contribution in [0, 0.1) is 11.8 Å². The maximum Gasteiger partial charge on any atom is 0.302 e. The summed E-state index contributed by atoms with van der Waals surface area (Å²) in [5.41, 5.74) is -0.665. The Balaban J connectivity index is 1.72. The highest BCUT2D eigenvalue weighted by molar-refractivity contribution is 6.24. The first-order valence-corrected chi connectivity index (χ1v) is 8.00. The van der Waals surface area contributed by atoms with Gasteiger partial charge in [-0.25, -0.2) is 4.90 Å². The van der Waals surface area contributed by atoms with Crippen LogP contribution in [0.2, 0.25) is 0 Å². The molecule has 130 valence electrons. The Labute approximate surface area is 144 Å². The first kappa shape index (κ1) is 15.8. The molecular weight excluding hydrogens is 326 g/mol. The summed E-state index contributed by atoms with van der Waals surface area (Å²) in [5.74, 6) is -2.02. The van der Waals surface area contributed by atoms with E-state index >= 15 is 0 Å². The van der Waals surface area contributed by atoms with Gasteiger partial charge in [-0.05, 0) is 18.2 Å². The molecule has 7 nitrogen and oxygen atoms in total. The summed E-state index contributed by atoms with van der Waals surface area (Å²) in [5, 5.41) is 0. The third kappa shape index (κ3) is 2.12. The highest BCUT2D eigenvalue weighted by Crippen LogP contribution is 2.53. The van der Waals surface area contributed by atoms with Crippen LogP contribution in [0.3, 0.4) is 0 Å². The van der Waals surface area contributed by atoms with E-state index in [4.69, 9.17) is 14.2 Å². The van der Waals surface area contributed by atoms with Gasteiger partial charge in [-0.15, -0.1) is 0 Å². The summed E-state index contributed by atoms with van der Waals surface area (Å²) in [4.78, 5) is 38.4. The lowest BCUT2D eigenvalue weighted by Crippen LogP contribution is -2.44. The SMILES string of the molecule is COc1ccccc1N1C(=O)[C@@H]2[C@@H](C1=O)[C@@]1(COC(C)=O)C=C[C@H]2O1. The summed E-state index contributed by atoms with van der Waals surface area (Å²) in [6.07, 6.45) is 3.01. The molecule has 2 bridgehead atoms. The van der Waals surface area contributed by atoms with E-state index in [1.165, 1.54) is 18.9 Å². The van der Waals surface area contributed by atoms with Crippen LogP contribution in [0.1, 0.15) is 6.92 Å². The molecule has 25 heavy (non-hydrogen) atoms. The molecule has 7 heteroatoms. The van der Waals surface area contributed by atoms with Gasteiger partial charge in [-0.1, -0.05) is 18.2 Å². The molecule has 1 aromatic carbocycles. The van der Waals surface area contributed by atoms with E-state index in [-0.39, 0.29) is 18.4 Å². The number of para-hydroxylation sites is 2. The molecule has 0 aromatic heterocycles. The van der Waals surface area contributed by atoms with E-state index < -0.39 is 29.5 Å². The minimum absolute atomic E-state index is 0.0880. The highest BCUT2D eigenvalue weighted by Gasteiger charge is 2.68. The second-order valence-corrected chi connectivity index (χ2v) is 6.36. The number of hydrogen-bond acceptors (Lipinski definition) is 6. The number of esters is 1. The van der Waals surface area contributed by atoms with Crippen LogP contribution in [0.25, 0.3) is 0 Å². The molecule has 2 fully saturated rings. The van der Waals surface area contributed by atoms with Crippen molar-refractivity contribution in [3.05, 3.63) is 36.4 Å². The van der Waals surface area contributed by atoms with E-state index in [1.54, 1.807) is 36.4 Å². The fraction of sp³-hybridized carbons (Fsp3) is 0.389. The van der Waals surface area contributed by atoms with Crippen molar-refractivity contribution in [2.45, 2.75) is 18.6 Å². The van der Waals surface area contributed by atoms with E-state index in [2.05, 4.69) is 0 Å². The van der Waals surface area contributed by atoms with Crippen molar-refractivity contribution in [3.63, 3.8) is 0 Å². The quantitative estimate of drug-likeness (QED) is 0.462. The van der Waals surface area contributed by atoms with Crippen molar-refractivity contribution in [3.8, 4) is 5.75 Å². The molecule has 0 spiro atoms. The minimum atomic E-state index is -1.08. The van der Waals surface area contributed by atoms with Gasteiger partial charge in [-0.3, -0.25) is 14.4 Å². The van der Waals surface area contributed by atoms with Crippen LogP contribution in [-0.4, -0.2) is 43.2 Å². The minimum Gasteiger partial charge on any atom is -0.495 e. The smallest absolute Gasteiger partial charge is 0.302 e. The number of amides is 2. The number of imide groups is 1. The molecule has 3 heterocycles. The number of carbonyl (C=O) groups excluding carboxylic acids is 3. The van der Waals surface area contributed by atoms with Crippen LogP contribution < -0.4 is 9.64 Å². The molecule has 0 saturated carbocycles. The summed E-state index contributed by atoms with van der Waals surface area (Å²) in [6.45, 7) is 1.21. The Kier molecular flexibility index (Phi) is 3.43. The summed E-state index contributed by atoms with van der Waals surface area (Å²) in [7, 11) is 1.49. The van der Waals surface area contributed by atoms with Gasteiger partial charge in [0.15, 0.2) is 0 Å². The van der Waals surface area contributed by atoms with Crippen LogP contribution in [0.15, 0.2) is 36.4 Å². The average molecular weight is 343 g/mol. The predicted octanol–water partition coefficient (Wildman–Crippen LogP) is 1.07. The van der Waals surface area contributed by atoms with Crippen molar-refractivity contribution in [2.24, 2.45) is 11.8 Å². The van der Waals surface area contributed by atoms with E-state index in [0.717, 1.165) is 0 Å². The molecule has 0 unspecified atom stereocenters. The Morgan fingerprint density at radius 2 is 2.04 bits per heavy atom. The number of anilines is 1. The van der Waals surface area contributed by atoms with Crippen LogP contribution in [0.4, 0.5) is 5.69 Å². The molecule has 2 saturated heterocycles. The number of ether oxygens (including phenoxy) is 3. The summed E-state index contributed by atoms with van der Waals surface area (Å²) < 4.78 is 16.3. The van der Waals surface area contributed by atoms with Crippen LogP contribution in [-0.2, 0) is 23.9 Å². The molecule has 0 radical (unpaired) electrons. The fourth-order valence-corrected chi connectivity index (χ4v) is 3.93. The molecule has 0 aliphatic carbocycles. The Bertz CT molecular complexity index is 803. The summed E-state index contributed by atoms with van der Waals surface area (Å²) in [6, 6.07) is 6.88. The van der Waals surface area contributed by atoms with Gasteiger partial charge < -0.3 is 14.2 Å². The topological polar surface area (TPSA) is 82.1 Å². The summed E-state index contributed by atoms with van der Waals surface area (Å²) >= 11 is 0. The maximum atomic E-state index is 13.1. The third-order valence-electron chi connectivity index (χ3n) is 4.98. The fourth-order valence-electron chi connectivity index (χ4n) is 3.93. The van der Waals surface area contributed by atoms with Gasteiger partial charge in [0, 0.05) is 6.92 Å². The first-order chi connectivity index (χ1) is 12.0. The third-order valence-corrected chi connectivity index (χ3v) is 4.98. The highest BCUT2D eigenvalue weighted by atomic mass is 16.6. The van der Waals surface area contributed by atoms with Crippen LogP contribution >= 0.6 is 0 Å². The van der Waals surface area contributed by atoms with Crippen LogP contribution in [0.5, 0.6) is 5.75 Å². The number of carbonyl (C=O) groups is 3. The molecule has 1 aromatic rings. The van der Waals surface area contributed by atoms with Crippen molar-refractivity contribution in [2.75, 3.05) is 18.6 Å². The van der Waals surface area contributed by atoms with Gasteiger partial charge in [0.1, 0.15) is 18.0 Å². The normalized spacial score (nSPS) is 32.2. The standard InChI is InChI=1S/C18H17NO6/c1-10(20)24-9-18-8-7-13(25-18)14-15(18)17(22)19(16(14)21)11-5-3-4-6-12(11)23-2/h3-8,13-15H,9H2,1-2H3/t13-,14+,15+,18+/m1/s1. The lowest BCUT2D eigenvalue weighted by atomic mass is 9.77. The molecule has 4 rings (SSSR count). The van der Waals surface area contributed by atoms with Gasteiger partial charge in [0.25, 0.3) is 0 Å². The van der Waals surface area contributed by atoms with E-state index in [0.29, 0.717) is 11.4 Å². The molecule has 4 atom stereocenters. The number of rotatable bonds is 4. The van der Waals surface area contributed by atoms with Crippen molar-refractivity contribution in [1.29, 1.82) is 0 Å². The largest absolute Gasteiger partial charge is 0.495 e. The second kappa shape index (κ2) is 5.42. The van der Waals surface area contributed by atoms with Crippen molar-refractivity contribution in [1.82, 2.24) is 0 Å². The second-order valence-electron chi connectivity index (χ2n) is 6.36. The Hall–Kier alpha value is -2.67. The molecule has 3 aliphatic heterocycles. The van der Waals surface area contributed by atoms with Crippen molar-refractivity contribution < 1.29 is 28.6 Å². The number of hydrogen-bond donors (Lipinski definition) is 0. The molecule has 2 amide bonds. The number of nitrogens with zero attached hydrogens (tertiary/aromatic N) is 1. The number of methoxy groups -OCH3 is 1. The Morgan fingerprint density at radius 3 is 2.76 bits per heavy atom. The monoisotopic (exact) mass is 343 g/mol. The molecule has 3 aliphatic rings. The number of benzene rings is 1. The lowest BCUT2D eigenvalue weighted by molar-refractivity contribution is -0.150. The zero-order valence-electron chi connectivity index (χ0n) is 13.8. The first-order valence-electron chi connectivity index (χ1n) is 8.00. The average Bonchev–Trinajstić information content (AvgIpc) is 3.24. The van der Waals surface area contributed by atoms with Gasteiger partial charge >= 0.3 is 5.97 Å². The predicted molar refractivity (Wildman–Crippen MR) is 85.8 cm³/mol. The zero-order chi connectivity index (χ0) is 17.8. The zero-order valence-corrected chi connectivity index (χ0v) is 13.8. The molecule has 0 N–H and O–H groups in total. The van der Waals surface area contributed by atoms with Crippen molar-refractivity contribution >= 4 is 23.5 Å². The van der Waals surface area contributed by atoms with Gasteiger partial charge in [0.2, 0.25) is 11.8 Å². The van der Waals surface area contributed by atoms with Gasteiger partial charge in [-0.2, -0.15) is 0 Å². The van der Waals surface area contributed by atoms with E-state index in [1.807, 2.05) is 0 Å².